The van der Waals surface area contributed by atoms with Gasteiger partial charge in [-0.25, -0.2) is 0 Å². The zero-order chi connectivity index (χ0) is 20.2. The lowest BCUT2D eigenvalue weighted by Crippen LogP contribution is -2.56. The molecule has 6 nitrogen and oxygen atoms in total. The van der Waals surface area contributed by atoms with Crippen LogP contribution in [0.4, 0.5) is 5.69 Å². The van der Waals surface area contributed by atoms with Crippen molar-refractivity contribution in [3.63, 3.8) is 0 Å². The van der Waals surface area contributed by atoms with Crippen molar-refractivity contribution in [3.8, 4) is 0 Å². The van der Waals surface area contributed by atoms with Gasteiger partial charge in [0, 0.05) is 62.9 Å². The predicted octanol–water partition coefficient (Wildman–Crippen LogP) is 3.00. The highest BCUT2D eigenvalue weighted by atomic mass is 16.3. The number of hydrogen-bond donors (Lipinski definition) is 2. The number of piperazine rings is 1. The van der Waals surface area contributed by atoms with Crippen molar-refractivity contribution in [2.45, 2.75) is 57.7 Å². The van der Waals surface area contributed by atoms with Gasteiger partial charge in [0.2, 0.25) is 5.91 Å². The van der Waals surface area contributed by atoms with Crippen LogP contribution in [-0.2, 0) is 11.3 Å². The fourth-order valence-electron chi connectivity index (χ4n) is 4.97. The number of aliphatic hydroxyl groups excluding tert-OH is 1. The van der Waals surface area contributed by atoms with Crippen molar-refractivity contribution in [3.05, 3.63) is 36.0 Å². The summed E-state index contributed by atoms with van der Waals surface area (Å²) >= 11 is 0. The molecule has 6 heteroatoms. The first kappa shape index (κ1) is 20.3. The molecule has 2 N–H and O–H groups in total. The van der Waals surface area contributed by atoms with Gasteiger partial charge in [0.05, 0.1) is 11.2 Å². The molecule has 0 bridgehead atoms. The Labute approximate surface area is 172 Å². The second kappa shape index (κ2) is 9.20. The first-order chi connectivity index (χ1) is 14.1. The Bertz CT molecular complexity index is 850. The largest absolute Gasteiger partial charge is 0.396 e. The third-order valence-electron chi connectivity index (χ3n) is 6.32. The number of anilines is 1. The lowest BCUT2D eigenvalue weighted by Gasteiger charge is -2.44. The molecule has 1 saturated heterocycles. The lowest BCUT2D eigenvalue weighted by molar-refractivity contribution is -0.114. The number of carbonyl (C=O) groups is 1. The van der Waals surface area contributed by atoms with E-state index in [1.807, 2.05) is 18.2 Å². The molecule has 1 atom stereocenters. The molecule has 2 fully saturated rings. The molecule has 1 aliphatic carbocycles. The quantitative estimate of drug-likeness (QED) is 0.786. The van der Waals surface area contributed by atoms with Crippen molar-refractivity contribution in [2.75, 3.05) is 31.6 Å². The van der Waals surface area contributed by atoms with Gasteiger partial charge in [-0.15, -0.1) is 0 Å². The van der Waals surface area contributed by atoms with E-state index in [4.69, 9.17) is 4.98 Å². The van der Waals surface area contributed by atoms with Crippen LogP contribution in [0.1, 0.15) is 44.7 Å². The Morgan fingerprint density at radius 3 is 2.79 bits per heavy atom. The van der Waals surface area contributed by atoms with Crippen molar-refractivity contribution in [1.82, 2.24) is 14.8 Å². The Morgan fingerprint density at radius 1 is 1.21 bits per heavy atom. The summed E-state index contributed by atoms with van der Waals surface area (Å²) in [6, 6.07) is 11.2. The maximum absolute atomic E-state index is 11.3. The molecule has 0 radical (unpaired) electrons. The van der Waals surface area contributed by atoms with Gasteiger partial charge in [-0.2, -0.15) is 0 Å². The molecule has 4 rings (SSSR count). The monoisotopic (exact) mass is 396 g/mol. The number of rotatable bonds is 6. The maximum atomic E-state index is 11.3. The minimum absolute atomic E-state index is 0.0666. The van der Waals surface area contributed by atoms with Crippen LogP contribution in [0.25, 0.3) is 10.9 Å². The molecule has 1 aromatic carbocycles. The lowest BCUT2D eigenvalue weighted by atomic mass is 10.0. The molecule has 1 aromatic heterocycles. The number of aromatic nitrogens is 1. The van der Waals surface area contributed by atoms with Crippen LogP contribution < -0.4 is 5.32 Å². The van der Waals surface area contributed by atoms with E-state index in [1.165, 1.54) is 32.6 Å². The first-order valence-corrected chi connectivity index (χ1v) is 10.9. The van der Waals surface area contributed by atoms with Gasteiger partial charge in [0.1, 0.15) is 0 Å². The molecule has 2 aliphatic rings. The highest BCUT2D eigenvalue weighted by Gasteiger charge is 2.33. The predicted molar refractivity (Wildman–Crippen MR) is 116 cm³/mol. The summed E-state index contributed by atoms with van der Waals surface area (Å²) in [4.78, 5) is 21.2. The normalized spacial score (nSPS) is 21.7. The average Bonchev–Trinajstić information content (AvgIpc) is 3.23. The number of pyridine rings is 1. The molecule has 2 aromatic rings. The van der Waals surface area contributed by atoms with E-state index < -0.39 is 0 Å². The zero-order valence-corrected chi connectivity index (χ0v) is 17.3. The number of fused-ring (bicyclic) bond motifs is 1. The van der Waals surface area contributed by atoms with Crippen LogP contribution in [-0.4, -0.2) is 64.1 Å². The number of hydrogen-bond acceptors (Lipinski definition) is 5. The summed E-state index contributed by atoms with van der Waals surface area (Å²) in [6.07, 6.45) is 6.18. The summed E-state index contributed by atoms with van der Waals surface area (Å²) in [5.74, 6) is -0.0666. The van der Waals surface area contributed by atoms with E-state index in [-0.39, 0.29) is 12.5 Å². The SMILES string of the molecule is CC(=O)Nc1ccc2nc(CN3CCN(C4CCCC4)C(CCO)C3)ccc2c1. The third-order valence-corrected chi connectivity index (χ3v) is 6.32. The van der Waals surface area contributed by atoms with Crippen LogP contribution >= 0.6 is 0 Å². The van der Waals surface area contributed by atoms with Crippen molar-refractivity contribution >= 4 is 22.5 Å². The highest BCUT2D eigenvalue weighted by molar-refractivity contribution is 5.92. The summed E-state index contributed by atoms with van der Waals surface area (Å²) in [7, 11) is 0. The van der Waals surface area contributed by atoms with Crippen molar-refractivity contribution in [1.29, 1.82) is 0 Å². The first-order valence-electron chi connectivity index (χ1n) is 10.9. The molecular formula is C23H32N4O2. The average molecular weight is 397 g/mol. The molecular weight excluding hydrogens is 364 g/mol. The van der Waals surface area contributed by atoms with E-state index in [0.717, 1.165) is 54.9 Å². The van der Waals surface area contributed by atoms with E-state index in [0.29, 0.717) is 12.1 Å². The van der Waals surface area contributed by atoms with E-state index in [2.05, 4.69) is 27.2 Å². The van der Waals surface area contributed by atoms with Crippen LogP contribution in [0.15, 0.2) is 30.3 Å². The van der Waals surface area contributed by atoms with Gasteiger partial charge in [0.15, 0.2) is 0 Å². The van der Waals surface area contributed by atoms with Crippen molar-refractivity contribution in [2.24, 2.45) is 0 Å². The highest BCUT2D eigenvalue weighted by Crippen LogP contribution is 2.28. The standard InChI is InChI=1S/C23H32N4O2/c1-17(29)24-19-8-9-23-18(14-19)6-7-20(25-23)15-26-11-12-27(21-4-2-3-5-21)22(16-26)10-13-28/h6-9,14,21-22,28H,2-5,10-13,15-16H2,1H3,(H,24,29). The number of benzene rings is 1. The molecule has 1 aliphatic heterocycles. The van der Waals surface area contributed by atoms with Crippen LogP contribution in [0.2, 0.25) is 0 Å². The van der Waals surface area contributed by atoms with Gasteiger partial charge in [-0.1, -0.05) is 18.9 Å². The van der Waals surface area contributed by atoms with Crippen molar-refractivity contribution < 1.29 is 9.90 Å². The summed E-state index contributed by atoms with van der Waals surface area (Å²) in [5, 5.41) is 13.4. The molecule has 2 heterocycles. The molecule has 1 unspecified atom stereocenters. The minimum atomic E-state index is -0.0666. The number of nitrogens with one attached hydrogen (secondary N) is 1. The summed E-state index contributed by atoms with van der Waals surface area (Å²) in [6.45, 7) is 5.75. The van der Waals surface area contributed by atoms with Crippen LogP contribution in [0.3, 0.4) is 0 Å². The van der Waals surface area contributed by atoms with Gasteiger partial charge >= 0.3 is 0 Å². The third kappa shape index (κ3) is 4.94. The molecule has 1 amide bonds. The van der Waals surface area contributed by atoms with E-state index in [9.17, 15) is 9.90 Å². The van der Waals surface area contributed by atoms with Gasteiger partial charge in [0.25, 0.3) is 0 Å². The smallest absolute Gasteiger partial charge is 0.221 e. The number of carbonyl (C=O) groups excluding carboxylic acids is 1. The van der Waals surface area contributed by atoms with Gasteiger partial charge < -0.3 is 10.4 Å². The van der Waals surface area contributed by atoms with E-state index >= 15 is 0 Å². The maximum Gasteiger partial charge on any atom is 0.221 e. The number of amides is 1. The van der Waals surface area contributed by atoms with E-state index in [1.54, 1.807) is 0 Å². The second-order valence-corrected chi connectivity index (χ2v) is 8.47. The molecule has 1 saturated carbocycles. The Morgan fingerprint density at radius 2 is 2.03 bits per heavy atom. The Kier molecular flexibility index (Phi) is 6.43. The second-order valence-electron chi connectivity index (χ2n) is 8.47. The fraction of sp³-hybridized carbons (Fsp3) is 0.565. The number of nitrogens with zero attached hydrogens (tertiary/aromatic N) is 3. The zero-order valence-electron chi connectivity index (χ0n) is 17.3. The number of aliphatic hydroxyl groups is 1. The Hall–Kier alpha value is -2.02. The topological polar surface area (TPSA) is 68.7 Å². The molecule has 0 spiro atoms. The van der Waals surface area contributed by atoms with Crippen LogP contribution in [0.5, 0.6) is 0 Å². The van der Waals surface area contributed by atoms with Crippen LogP contribution in [0, 0.1) is 0 Å². The van der Waals surface area contributed by atoms with Gasteiger partial charge in [-0.05, 0) is 43.5 Å². The fourth-order valence-corrected chi connectivity index (χ4v) is 4.97. The minimum Gasteiger partial charge on any atom is -0.396 e. The molecule has 156 valence electrons. The van der Waals surface area contributed by atoms with Gasteiger partial charge in [-0.3, -0.25) is 19.6 Å². The Balaban J connectivity index is 1.43. The molecule has 29 heavy (non-hydrogen) atoms. The summed E-state index contributed by atoms with van der Waals surface area (Å²) < 4.78 is 0. The summed E-state index contributed by atoms with van der Waals surface area (Å²) in [5.41, 5.74) is 2.82.